The lowest BCUT2D eigenvalue weighted by atomic mass is 10.1. The summed E-state index contributed by atoms with van der Waals surface area (Å²) in [5.41, 5.74) is 3.47. The maximum absolute atomic E-state index is 11.8. The number of hydrogen-bond acceptors (Lipinski definition) is 5. The van der Waals surface area contributed by atoms with Crippen molar-refractivity contribution in [3.63, 3.8) is 0 Å². The lowest BCUT2D eigenvalue weighted by Gasteiger charge is -2.10. The molecule has 0 radical (unpaired) electrons. The van der Waals surface area contributed by atoms with Crippen molar-refractivity contribution in [2.45, 2.75) is 6.54 Å². The van der Waals surface area contributed by atoms with Crippen molar-refractivity contribution < 1.29 is 4.79 Å². The Kier molecular flexibility index (Phi) is 4.72. The number of aromatic nitrogens is 4. The van der Waals surface area contributed by atoms with Gasteiger partial charge in [0, 0.05) is 31.2 Å². The first kappa shape index (κ1) is 17.7. The van der Waals surface area contributed by atoms with E-state index in [0.717, 1.165) is 27.8 Å². The van der Waals surface area contributed by atoms with Crippen LogP contribution in [0.3, 0.4) is 0 Å². The summed E-state index contributed by atoms with van der Waals surface area (Å²) >= 11 is 0. The molecule has 0 saturated heterocycles. The highest BCUT2D eigenvalue weighted by Gasteiger charge is 2.11. The molecule has 0 bridgehead atoms. The quantitative estimate of drug-likeness (QED) is 0.582. The Labute approximate surface area is 162 Å². The van der Waals surface area contributed by atoms with Gasteiger partial charge in [-0.1, -0.05) is 48.5 Å². The fourth-order valence-corrected chi connectivity index (χ4v) is 2.87. The summed E-state index contributed by atoms with van der Waals surface area (Å²) in [6.45, 7) is 0.183. The standard InChI is InChI=1S/C21H20N6O/c1-26(2)19(28)14-27-13-16(12-22-27)23-21-24-18-11-7-6-10-17(18)20(25-21)15-8-4-3-5-9-15/h3-13H,14H2,1-2H3,(H,23,24,25). The van der Waals surface area contributed by atoms with E-state index in [1.807, 2.05) is 54.6 Å². The first-order valence-electron chi connectivity index (χ1n) is 8.92. The van der Waals surface area contributed by atoms with E-state index in [1.54, 1.807) is 31.2 Å². The van der Waals surface area contributed by atoms with E-state index in [-0.39, 0.29) is 12.5 Å². The van der Waals surface area contributed by atoms with Crippen LogP contribution in [0.4, 0.5) is 11.6 Å². The van der Waals surface area contributed by atoms with Crippen LogP contribution in [0.5, 0.6) is 0 Å². The highest BCUT2D eigenvalue weighted by molar-refractivity contribution is 5.93. The van der Waals surface area contributed by atoms with E-state index < -0.39 is 0 Å². The Hall–Kier alpha value is -3.74. The summed E-state index contributed by atoms with van der Waals surface area (Å²) in [6, 6.07) is 18.0. The van der Waals surface area contributed by atoms with E-state index in [1.165, 1.54) is 4.90 Å². The molecule has 0 atom stereocenters. The Morgan fingerprint density at radius 2 is 1.79 bits per heavy atom. The van der Waals surface area contributed by atoms with Crippen molar-refractivity contribution in [3.8, 4) is 11.3 Å². The Balaban J connectivity index is 1.67. The van der Waals surface area contributed by atoms with Gasteiger partial charge in [-0.05, 0) is 6.07 Å². The van der Waals surface area contributed by atoms with Gasteiger partial charge in [0.15, 0.2) is 0 Å². The van der Waals surface area contributed by atoms with E-state index in [9.17, 15) is 4.79 Å². The zero-order valence-corrected chi connectivity index (χ0v) is 15.7. The Bertz CT molecular complexity index is 1120. The first-order chi connectivity index (χ1) is 13.6. The molecule has 0 fully saturated rings. The van der Waals surface area contributed by atoms with Crippen molar-refractivity contribution in [2.24, 2.45) is 0 Å². The van der Waals surface area contributed by atoms with Gasteiger partial charge in [0.2, 0.25) is 11.9 Å². The van der Waals surface area contributed by atoms with Gasteiger partial charge < -0.3 is 10.2 Å². The van der Waals surface area contributed by atoms with E-state index in [0.29, 0.717) is 5.95 Å². The number of fused-ring (bicyclic) bond motifs is 1. The van der Waals surface area contributed by atoms with Crippen LogP contribution in [0.1, 0.15) is 0 Å². The first-order valence-corrected chi connectivity index (χ1v) is 8.92. The van der Waals surface area contributed by atoms with E-state index >= 15 is 0 Å². The predicted molar refractivity (Wildman–Crippen MR) is 109 cm³/mol. The van der Waals surface area contributed by atoms with Gasteiger partial charge in [-0.25, -0.2) is 9.97 Å². The molecule has 0 spiro atoms. The monoisotopic (exact) mass is 372 g/mol. The van der Waals surface area contributed by atoms with Gasteiger partial charge in [0.25, 0.3) is 0 Å². The summed E-state index contributed by atoms with van der Waals surface area (Å²) in [4.78, 5) is 22.7. The van der Waals surface area contributed by atoms with Crippen LogP contribution >= 0.6 is 0 Å². The van der Waals surface area contributed by atoms with Crippen LogP contribution in [0.2, 0.25) is 0 Å². The summed E-state index contributed by atoms with van der Waals surface area (Å²) in [6.07, 6.45) is 3.42. The number of nitrogens with zero attached hydrogens (tertiary/aromatic N) is 5. The number of amides is 1. The van der Waals surface area contributed by atoms with Crippen LogP contribution in [-0.4, -0.2) is 44.7 Å². The lowest BCUT2D eigenvalue weighted by Crippen LogP contribution is -2.26. The number of benzene rings is 2. The fraction of sp³-hybridized carbons (Fsp3) is 0.143. The van der Waals surface area contributed by atoms with Crippen LogP contribution in [0.15, 0.2) is 67.0 Å². The molecular weight excluding hydrogens is 352 g/mol. The van der Waals surface area contributed by atoms with Gasteiger partial charge in [-0.15, -0.1) is 0 Å². The predicted octanol–water partition coefficient (Wildman–Crippen LogP) is 3.33. The van der Waals surface area contributed by atoms with Crippen molar-refractivity contribution >= 4 is 28.4 Å². The Morgan fingerprint density at radius 3 is 2.57 bits per heavy atom. The van der Waals surface area contributed by atoms with Gasteiger partial charge in [-0.3, -0.25) is 9.48 Å². The van der Waals surface area contributed by atoms with Gasteiger partial charge >= 0.3 is 0 Å². The molecule has 0 saturated carbocycles. The smallest absolute Gasteiger partial charge is 0.243 e. The minimum atomic E-state index is -0.0250. The van der Waals surface area contributed by atoms with Crippen LogP contribution in [-0.2, 0) is 11.3 Å². The molecule has 7 heteroatoms. The maximum Gasteiger partial charge on any atom is 0.243 e. The van der Waals surface area contributed by atoms with Gasteiger partial charge in [-0.2, -0.15) is 5.10 Å². The highest BCUT2D eigenvalue weighted by atomic mass is 16.2. The largest absolute Gasteiger partial charge is 0.347 e. The maximum atomic E-state index is 11.8. The van der Waals surface area contributed by atoms with Gasteiger partial charge in [0.1, 0.15) is 6.54 Å². The topological polar surface area (TPSA) is 75.9 Å². The van der Waals surface area contributed by atoms with Crippen LogP contribution in [0.25, 0.3) is 22.2 Å². The van der Waals surface area contributed by atoms with Crippen molar-refractivity contribution in [1.82, 2.24) is 24.6 Å². The van der Waals surface area contributed by atoms with Crippen molar-refractivity contribution in [3.05, 3.63) is 67.0 Å². The number of carbonyl (C=O) groups excluding carboxylic acids is 1. The summed E-state index contributed by atoms with van der Waals surface area (Å²) < 4.78 is 1.59. The number of para-hydroxylation sites is 1. The lowest BCUT2D eigenvalue weighted by molar-refractivity contribution is -0.129. The molecule has 0 aliphatic carbocycles. The number of nitrogens with one attached hydrogen (secondary N) is 1. The number of rotatable bonds is 5. The molecule has 28 heavy (non-hydrogen) atoms. The molecule has 2 aromatic carbocycles. The average Bonchev–Trinajstić information content (AvgIpc) is 3.14. The second-order valence-corrected chi connectivity index (χ2v) is 6.62. The molecule has 1 amide bonds. The minimum absolute atomic E-state index is 0.0250. The fourth-order valence-electron chi connectivity index (χ4n) is 2.87. The number of anilines is 2. The highest BCUT2D eigenvalue weighted by Crippen LogP contribution is 2.27. The summed E-state index contributed by atoms with van der Waals surface area (Å²) in [5, 5.41) is 8.42. The minimum Gasteiger partial charge on any atom is -0.347 e. The van der Waals surface area contributed by atoms with Crippen molar-refractivity contribution in [1.29, 1.82) is 0 Å². The number of hydrogen-bond donors (Lipinski definition) is 1. The van der Waals surface area contributed by atoms with Gasteiger partial charge in [0.05, 0.1) is 23.1 Å². The zero-order chi connectivity index (χ0) is 19.5. The van der Waals surface area contributed by atoms with E-state index in [2.05, 4.69) is 15.4 Å². The summed E-state index contributed by atoms with van der Waals surface area (Å²) in [5.74, 6) is 0.457. The third-order valence-corrected chi connectivity index (χ3v) is 4.34. The molecule has 7 nitrogen and oxygen atoms in total. The zero-order valence-electron chi connectivity index (χ0n) is 15.7. The second-order valence-electron chi connectivity index (χ2n) is 6.62. The van der Waals surface area contributed by atoms with Crippen molar-refractivity contribution in [2.75, 3.05) is 19.4 Å². The normalized spacial score (nSPS) is 10.8. The molecule has 2 aromatic heterocycles. The molecule has 4 aromatic rings. The average molecular weight is 372 g/mol. The number of carbonyl (C=O) groups is 1. The molecule has 2 heterocycles. The molecule has 0 aliphatic heterocycles. The Morgan fingerprint density at radius 1 is 1.04 bits per heavy atom. The SMILES string of the molecule is CN(C)C(=O)Cn1cc(Nc2nc(-c3ccccc3)c3ccccc3n2)cn1. The molecule has 140 valence electrons. The second kappa shape index (κ2) is 7.48. The molecule has 0 aliphatic rings. The van der Waals surface area contributed by atoms with Crippen LogP contribution < -0.4 is 5.32 Å². The number of likely N-dealkylation sites (N-methyl/N-ethyl adjacent to an activating group) is 1. The van der Waals surface area contributed by atoms with Crippen LogP contribution in [0, 0.1) is 0 Å². The van der Waals surface area contributed by atoms with E-state index in [4.69, 9.17) is 4.98 Å². The summed E-state index contributed by atoms with van der Waals surface area (Å²) in [7, 11) is 3.44. The molecule has 1 N–H and O–H groups in total. The third-order valence-electron chi connectivity index (χ3n) is 4.34. The molecule has 0 unspecified atom stereocenters. The molecule has 4 rings (SSSR count). The molecular formula is C21H20N6O. The third kappa shape index (κ3) is 3.68.